The third kappa shape index (κ3) is 2.77. The molecule has 0 radical (unpaired) electrons. The number of hydrogen-bond donors (Lipinski definition) is 2. The summed E-state index contributed by atoms with van der Waals surface area (Å²) in [5.74, 6) is -0.854. The number of carboxylic acid groups (broad SMARTS) is 1. The summed E-state index contributed by atoms with van der Waals surface area (Å²) in [6, 6.07) is -0.207. The predicted octanol–water partition coefficient (Wildman–Crippen LogP) is 0.825. The summed E-state index contributed by atoms with van der Waals surface area (Å²) in [5.41, 5.74) is 4.81. The summed E-state index contributed by atoms with van der Waals surface area (Å²) >= 11 is 0. The summed E-state index contributed by atoms with van der Waals surface area (Å²) in [6.07, 6.45) is 1.48. The van der Waals surface area contributed by atoms with Gasteiger partial charge in [0.05, 0.1) is 0 Å². The predicted molar refractivity (Wildman–Crippen MR) is 64.4 cm³/mol. The van der Waals surface area contributed by atoms with Crippen molar-refractivity contribution in [2.75, 3.05) is 6.54 Å². The average molecular weight is 242 g/mol. The van der Waals surface area contributed by atoms with Crippen molar-refractivity contribution in [3.05, 3.63) is 0 Å². The second kappa shape index (κ2) is 5.04. The van der Waals surface area contributed by atoms with Crippen LogP contribution in [0, 0.1) is 5.92 Å². The molecule has 1 heterocycles. The molecule has 5 nitrogen and oxygen atoms in total. The highest BCUT2D eigenvalue weighted by Gasteiger charge is 2.45. The van der Waals surface area contributed by atoms with E-state index in [9.17, 15) is 14.7 Å². The van der Waals surface area contributed by atoms with E-state index >= 15 is 0 Å². The SMILES string of the molecule is CC(C)C(N)CC(=O)N1CCCC1(C)C(=O)O. The molecule has 3 N–H and O–H groups in total. The first kappa shape index (κ1) is 14.0. The van der Waals surface area contributed by atoms with Gasteiger partial charge < -0.3 is 15.7 Å². The molecule has 0 spiro atoms. The molecule has 0 aromatic rings. The molecule has 1 fully saturated rings. The molecule has 17 heavy (non-hydrogen) atoms. The highest BCUT2D eigenvalue weighted by molar-refractivity contribution is 5.87. The standard InChI is InChI=1S/C12H22N2O3/c1-8(2)9(13)7-10(15)14-6-4-5-12(14,3)11(16)17/h8-9H,4-7,13H2,1-3H3,(H,16,17). The van der Waals surface area contributed by atoms with Crippen LogP contribution >= 0.6 is 0 Å². The molecule has 2 atom stereocenters. The van der Waals surface area contributed by atoms with Crippen molar-refractivity contribution in [3.63, 3.8) is 0 Å². The van der Waals surface area contributed by atoms with Gasteiger partial charge in [0.2, 0.25) is 5.91 Å². The Labute approximate surface area is 102 Å². The third-order valence-electron chi connectivity index (χ3n) is 3.67. The van der Waals surface area contributed by atoms with E-state index in [2.05, 4.69) is 0 Å². The normalized spacial score (nSPS) is 26.3. The molecule has 1 aliphatic rings. The monoisotopic (exact) mass is 242 g/mol. The van der Waals surface area contributed by atoms with E-state index < -0.39 is 11.5 Å². The molecular formula is C12H22N2O3. The van der Waals surface area contributed by atoms with Crippen LogP contribution in [0.2, 0.25) is 0 Å². The first-order valence-corrected chi connectivity index (χ1v) is 6.08. The smallest absolute Gasteiger partial charge is 0.329 e. The molecule has 0 aromatic heterocycles. The van der Waals surface area contributed by atoms with Gasteiger partial charge in [-0.3, -0.25) is 4.79 Å². The summed E-state index contributed by atoms with van der Waals surface area (Å²) in [7, 11) is 0. The zero-order valence-corrected chi connectivity index (χ0v) is 10.8. The van der Waals surface area contributed by atoms with Gasteiger partial charge in [0.15, 0.2) is 0 Å². The van der Waals surface area contributed by atoms with Crippen LogP contribution in [-0.4, -0.2) is 40.0 Å². The molecule has 98 valence electrons. The van der Waals surface area contributed by atoms with Crippen LogP contribution in [0.15, 0.2) is 0 Å². The topological polar surface area (TPSA) is 83.6 Å². The largest absolute Gasteiger partial charge is 0.480 e. The van der Waals surface area contributed by atoms with Gasteiger partial charge in [0.1, 0.15) is 5.54 Å². The Bertz CT molecular complexity index is 317. The number of nitrogens with zero attached hydrogens (tertiary/aromatic N) is 1. The number of nitrogens with two attached hydrogens (primary N) is 1. The molecule has 0 aliphatic carbocycles. The Hall–Kier alpha value is -1.10. The molecule has 5 heteroatoms. The van der Waals surface area contributed by atoms with E-state index in [4.69, 9.17) is 5.73 Å². The zero-order chi connectivity index (χ0) is 13.2. The first-order valence-electron chi connectivity index (χ1n) is 6.08. The number of rotatable bonds is 4. The van der Waals surface area contributed by atoms with E-state index in [1.54, 1.807) is 6.92 Å². The summed E-state index contributed by atoms with van der Waals surface area (Å²) in [6.45, 7) is 6.05. The van der Waals surface area contributed by atoms with Gasteiger partial charge in [0, 0.05) is 19.0 Å². The Morgan fingerprint density at radius 3 is 2.53 bits per heavy atom. The molecule has 1 amide bonds. The van der Waals surface area contributed by atoms with Crippen LogP contribution in [0.25, 0.3) is 0 Å². The van der Waals surface area contributed by atoms with Crippen molar-refractivity contribution in [2.45, 2.75) is 51.6 Å². The molecule has 0 saturated carbocycles. The fourth-order valence-corrected chi connectivity index (χ4v) is 2.13. The van der Waals surface area contributed by atoms with Crippen molar-refractivity contribution >= 4 is 11.9 Å². The lowest BCUT2D eigenvalue weighted by Gasteiger charge is -2.32. The second-order valence-corrected chi connectivity index (χ2v) is 5.34. The number of amides is 1. The van der Waals surface area contributed by atoms with Gasteiger partial charge in [-0.05, 0) is 25.7 Å². The van der Waals surface area contributed by atoms with E-state index in [1.807, 2.05) is 13.8 Å². The lowest BCUT2D eigenvalue weighted by Crippen LogP contribution is -2.52. The van der Waals surface area contributed by atoms with Crippen LogP contribution in [0.5, 0.6) is 0 Å². The number of carboxylic acids is 1. The maximum absolute atomic E-state index is 12.1. The summed E-state index contributed by atoms with van der Waals surface area (Å²) < 4.78 is 0. The second-order valence-electron chi connectivity index (χ2n) is 5.34. The number of carbonyl (C=O) groups is 2. The minimum Gasteiger partial charge on any atom is -0.480 e. The quantitative estimate of drug-likeness (QED) is 0.764. The van der Waals surface area contributed by atoms with Crippen molar-refractivity contribution < 1.29 is 14.7 Å². The van der Waals surface area contributed by atoms with E-state index in [1.165, 1.54) is 4.90 Å². The van der Waals surface area contributed by atoms with Crippen LogP contribution in [0.1, 0.15) is 40.0 Å². The minimum atomic E-state index is -1.05. The third-order valence-corrected chi connectivity index (χ3v) is 3.67. The molecule has 1 aliphatic heterocycles. The van der Waals surface area contributed by atoms with Gasteiger partial charge in [0.25, 0.3) is 0 Å². The zero-order valence-electron chi connectivity index (χ0n) is 10.8. The number of hydrogen-bond acceptors (Lipinski definition) is 3. The molecule has 2 unspecified atom stereocenters. The van der Waals surface area contributed by atoms with Gasteiger partial charge >= 0.3 is 5.97 Å². The van der Waals surface area contributed by atoms with Crippen molar-refractivity contribution in [3.8, 4) is 0 Å². The average Bonchev–Trinajstić information content (AvgIpc) is 2.61. The molecule has 1 rings (SSSR count). The minimum absolute atomic E-state index is 0.145. The molecule has 0 bridgehead atoms. The maximum atomic E-state index is 12.1. The van der Waals surface area contributed by atoms with E-state index in [-0.39, 0.29) is 24.3 Å². The number of aliphatic carboxylic acids is 1. The Morgan fingerprint density at radius 2 is 2.06 bits per heavy atom. The Morgan fingerprint density at radius 1 is 1.47 bits per heavy atom. The van der Waals surface area contributed by atoms with Crippen molar-refractivity contribution in [1.82, 2.24) is 4.90 Å². The number of likely N-dealkylation sites (tertiary alicyclic amines) is 1. The lowest BCUT2D eigenvalue weighted by molar-refractivity contribution is -0.155. The fourth-order valence-electron chi connectivity index (χ4n) is 2.13. The lowest BCUT2D eigenvalue weighted by atomic mass is 9.97. The van der Waals surface area contributed by atoms with Crippen molar-refractivity contribution in [2.24, 2.45) is 11.7 Å². The Kier molecular flexibility index (Phi) is 4.14. The molecular weight excluding hydrogens is 220 g/mol. The fraction of sp³-hybridized carbons (Fsp3) is 0.833. The van der Waals surface area contributed by atoms with Crippen LogP contribution in [0.3, 0.4) is 0 Å². The van der Waals surface area contributed by atoms with Crippen molar-refractivity contribution in [1.29, 1.82) is 0 Å². The molecule has 1 saturated heterocycles. The van der Waals surface area contributed by atoms with E-state index in [0.717, 1.165) is 6.42 Å². The van der Waals surface area contributed by atoms with Crippen LogP contribution in [-0.2, 0) is 9.59 Å². The highest BCUT2D eigenvalue weighted by Crippen LogP contribution is 2.30. The summed E-state index contributed by atoms with van der Waals surface area (Å²) in [4.78, 5) is 24.8. The summed E-state index contributed by atoms with van der Waals surface area (Å²) in [5, 5.41) is 9.21. The first-order chi connectivity index (χ1) is 7.79. The van der Waals surface area contributed by atoms with Crippen LogP contribution < -0.4 is 5.73 Å². The molecule has 0 aromatic carbocycles. The van der Waals surface area contributed by atoms with Gasteiger partial charge in [-0.2, -0.15) is 0 Å². The maximum Gasteiger partial charge on any atom is 0.329 e. The van der Waals surface area contributed by atoms with E-state index in [0.29, 0.717) is 13.0 Å². The Balaban J connectivity index is 2.72. The van der Waals surface area contributed by atoms with Crippen LogP contribution in [0.4, 0.5) is 0 Å². The number of carbonyl (C=O) groups excluding carboxylic acids is 1. The highest BCUT2D eigenvalue weighted by atomic mass is 16.4. The van der Waals surface area contributed by atoms with Gasteiger partial charge in [-0.15, -0.1) is 0 Å². The van der Waals surface area contributed by atoms with Gasteiger partial charge in [-0.25, -0.2) is 4.79 Å². The van der Waals surface area contributed by atoms with Gasteiger partial charge in [-0.1, -0.05) is 13.8 Å².